The molecule has 0 aliphatic heterocycles. The number of urea groups is 1. The molecule has 2 amide bonds. The van der Waals surface area contributed by atoms with E-state index >= 15 is 0 Å². The summed E-state index contributed by atoms with van der Waals surface area (Å²) in [5.74, 6) is 1.20. The molecular formula is C17H28N2O3. The zero-order valence-electron chi connectivity index (χ0n) is 14.0. The van der Waals surface area contributed by atoms with Crippen LogP contribution in [0.25, 0.3) is 0 Å². The van der Waals surface area contributed by atoms with Crippen molar-refractivity contribution in [3.05, 3.63) is 23.8 Å². The fourth-order valence-corrected chi connectivity index (χ4v) is 2.09. The Morgan fingerprint density at radius 3 is 2.68 bits per heavy atom. The van der Waals surface area contributed by atoms with Crippen molar-refractivity contribution < 1.29 is 14.6 Å². The molecule has 0 saturated heterocycles. The van der Waals surface area contributed by atoms with E-state index in [0.29, 0.717) is 18.9 Å². The highest BCUT2D eigenvalue weighted by Crippen LogP contribution is 2.21. The number of ether oxygens (including phenoxy) is 1. The molecule has 1 aromatic rings. The molecule has 22 heavy (non-hydrogen) atoms. The van der Waals surface area contributed by atoms with Gasteiger partial charge in [0.05, 0.1) is 12.7 Å². The first-order valence-electron chi connectivity index (χ1n) is 7.88. The van der Waals surface area contributed by atoms with Crippen LogP contribution >= 0.6 is 0 Å². The maximum absolute atomic E-state index is 11.8. The highest BCUT2D eigenvalue weighted by atomic mass is 16.5. The number of aliphatic hydroxyl groups excluding tert-OH is 1. The van der Waals surface area contributed by atoms with E-state index in [1.165, 1.54) is 0 Å². The van der Waals surface area contributed by atoms with Crippen LogP contribution in [0.5, 0.6) is 5.75 Å². The molecule has 0 aliphatic carbocycles. The summed E-state index contributed by atoms with van der Waals surface area (Å²) in [7, 11) is 0. The highest BCUT2D eigenvalue weighted by molar-refractivity contribution is 5.90. The summed E-state index contributed by atoms with van der Waals surface area (Å²) in [5.41, 5.74) is 1.67. The number of nitrogens with one attached hydrogen (secondary N) is 2. The molecule has 0 saturated carbocycles. The number of carbonyl (C=O) groups excluding carboxylic acids is 1. The molecule has 0 fully saturated rings. The summed E-state index contributed by atoms with van der Waals surface area (Å²) < 4.78 is 5.55. The van der Waals surface area contributed by atoms with E-state index < -0.39 is 6.10 Å². The molecule has 5 heteroatoms. The summed E-state index contributed by atoms with van der Waals surface area (Å²) in [6.45, 7) is 8.98. The molecular weight excluding hydrogens is 280 g/mol. The minimum atomic E-state index is -0.517. The molecule has 0 heterocycles. The Labute approximate surface area is 133 Å². The van der Waals surface area contributed by atoms with Gasteiger partial charge in [0.1, 0.15) is 5.75 Å². The largest absolute Gasteiger partial charge is 0.494 e. The molecule has 0 bridgehead atoms. The van der Waals surface area contributed by atoms with Gasteiger partial charge in [0.2, 0.25) is 0 Å². The Morgan fingerprint density at radius 1 is 1.36 bits per heavy atom. The fourth-order valence-electron chi connectivity index (χ4n) is 2.09. The van der Waals surface area contributed by atoms with Gasteiger partial charge in [-0.05, 0) is 49.4 Å². The Hall–Kier alpha value is -1.75. The van der Waals surface area contributed by atoms with Gasteiger partial charge in [0, 0.05) is 12.2 Å². The van der Waals surface area contributed by atoms with E-state index in [1.54, 1.807) is 0 Å². The normalized spacial score (nSPS) is 12.1. The second-order valence-corrected chi connectivity index (χ2v) is 5.94. The number of hydrogen-bond donors (Lipinski definition) is 3. The number of aliphatic hydroxyl groups is 1. The van der Waals surface area contributed by atoms with E-state index in [-0.39, 0.29) is 12.6 Å². The lowest BCUT2D eigenvalue weighted by molar-refractivity contribution is 0.148. The minimum absolute atomic E-state index is 0.251. The monoisotopic (exact) mass is 308 g/mol. The van der Waals surface area contributed by atoms with E-state index in [2.05, 4.69) is 17.6 Å². The maximum atomic E-state index is 11.8. The number of rotatable bonds is 8. The van der Waals surface area contributed by atoms with Gasteiger partial charge in [-0.2, -0.15) is 0 Å². The van der Waals surface area contributed by atoms with Crippen LogP contribution < -0.4 is 15.4 Å². The molecule has 1 unspecified atom stereocenters. The van der Waals surface area contributed by atoms with Crippen LogP contribution in [0.2, 0.25) is 0 Å². The van der Waals surface area contributed by atoms with Crippen LogP contribution in [0.15, 0.2) is 18.2 Å². The maximum Gasteiger partial charge on any atom is 0.319 e. The van der Waals surface area contributed by atoms with Crippen molar-refractivity contribution in [1.82, 2.24) is 5.32 Å². The van der Waals surface area contributed by atoms with Crippen LogP contribution in [0, 0.1) is 12.8 Å². The lowest BCUT2D eigenvalue weighted by atomic mass is 10.1. The Kier molecular flexibility index (Phi) is 7.74. The standard InChI is InChI=1S/C17H28N2O3/c1-5-8-22-15-6-7-16(13(4)10-15)19-17(21)18-11-14(20)9-12(2)3/h6-7,10,12,14,20H,5,8-9,11H2,1-4H3,(H2,18,19,21). The van der Waals surface area contributed by atoms with Crippen LogP contribution in [0.1, 0.15) is 39.2 Å². The third kappa shape index (κ3) is 6.80. The number of benzene rings is 1. The highest BCUT2D eigenvalue weighted by Gasteiger charge is 2.10. The number of amides is 2. The second-order valence-electron chi connectivity index (χ2n) is 5.94. The van der Waals surface area contributed by atoms with Crippen molar-refractivity contribution in [2.75, 3.05) is 18.5 Å². The molecule has 1 atom stereocenters. The lowest BCUT2D eigenvalue weighted by Gasteiger charge is -2.15. The predicted octanol–water partition coefficient (Wildman–Crippen LogP) is 3.31. The van der Waals surface area contributed by atoms with Gasteiger partial charge in [-0.25, -0.2) is 4.79 Å². The van der Waals surface area contributed by atoms with E-state index in [0.717, 1.165) is 23.4 Å². The second kappa shape index (κ2) is 9.30. The quantitative estimate of drug-likeness (QED) is 0.690. The van der Waals surface area contributed by atoms with Gasteiger partial charge in [0.25, 0.3) is 0 Å². The van der Waals surface area contributed by atoms with Crippen molar-refractivity contribution in [3.8, 4) is 5.75 Å². The summed E-state index contributed by atoms with van der Waals surface area (Å²) in [6, 6.07) is 5.25. The molecule has 124 valence electrons. The third-order valence-electron chi connectivity index (χ3n) is 3.16. The van der Waals surface area contributed by atoms with E-state index in [4.69, 9.17) is 4.74 Å². The molecule has 5 nitrogen and oxygen atoms in total. The van der Waals surface area contributed by atoms with Gasteiger partial charge in [-0.3, -0.25) is 0 Å². The molecule has 0 spiro atoms. The molecule has 0 aromatic heterocycles. The summed E-state index contributed by atoms with van der Waals surface area (Å²) in [5, 5.41) is 15.2. The Balaban J connectivity index is 2.47. The molecule has 0 radical (unpaired) electrons. The number of hydrogen-bond acceptors (Lipinski definition) is 3. The lowest BCUT2D eigenvalue weighted by Crippen LogP contribution is -2.35. The SMILES string of the molecule is CCCOc1ccc(NC(=O)NCC(O)CC(C)C)c(C)c1. The molecule has 0 aliphatic rings. The molecule has 1 aromatic carbocycles. The van der Waals surface area contributed by atoms with Gasteiger partial charge in [-0.1, -0.05) is 20.8 Å². The third-order valence-corrected chi connectivity index (χ3v) is 3.16. The van der Waals surface area contributed by atoms with E-state index in [9.17, 15) is 9.90 Å². The first-order chi connectivity index (χ1) is 10.4. The van der Waals surface area contributed by atoms with Gasteiger partial charge >= 0.3 is 6.03 Å². The van der Waals surface area contributed by atoms with E-state index in [1.807, 2.05) is 39.0 Å². The average molecular weight is 308 g/mol. The Morgan fingerprint density at radius 2 is 2.09 bits per heavy atom. The van der Waals surface area contributed by atoms with Crippen LogP contribution in [-0.4, -0.2) is 30.4 Å². The molecule has 1 rings (SSSR count). The zero-order valence-corrected chi connectivity index (χ0v) is 14.0. The van der Waals surface area contributed by atoms with Crippen molar-refractivity contribution in [2.24, 2.45) is 5.92 Å². The van der Waals surface area contributed by atoms with Crippen molar-refractivity contribution in [1.29, 1.82) is 0 Å². The van der Waals surface area contributed by atoms with Crippen molar-refractivity contribution in [3.63, 3.8) is 0 Å². The fraction of sp³-hybridized carbons (Fsp3) is 0.588. The van der Waals surface area contributed by atoms with Crippen molar-refractivity contribution in [2.45, 2.75) is 46.6 Å². The summed E-state index contributed by atoms with van der Waals surface area (Å²) in [4.78, 5) is 11.8. The van der Waals surface area contributed by atoms with Crippen LogP contribution in [0.3, 0.4) is 0 Å². The smallest absolute Gasteiger partial charge is 0.319 e. The van der Waals surface area contributed by atoms with Crippen LogP contribution in [-0.2, 0) is 0 Å². The average Bonchev–Trinajstić information content (AvgIpc) is 2.45. The topological polar surface area (TPSA) is 70.6 Å². The minimum Gasteiger partial charge on any atom is -0.494 e. The van der Waals surface area contributed by atoms with Gasteiger partial charge in [0.15, 0.2) is 0 Å². The zero-order chi connectivity index (χ0) is 16.5. The summed E-state index contributed by atoms with van der Waals surface area (Å²) >= 11 is 0. The number of carbonyl (C=O) groups is 1. The van der Waals surface area contributed by atoms with Gasteiger partial charge in [-0.15, -0.1) is 0 Å². The van der Waals surface area contributed by atoms with Gasteiger partial charge < -0.3 is 20.5 Å². The Bertz CT molecular complexity index is 475. The first-order valence-corrected chi connectivity index (χ1v) is 7.88. The summed E-state index contributed by atoms with van der Waals surface area (Å²) in [6.07, 6.45) is 1.11. The number of aryl methyl sites for hydroxylation is 1. The molecule has 3 N–H and O–H groups in total. The predicted molar refractivity (Wildman–Crippen MR) is 89.4 cm³/mol. The first kappa shape index (κ1) is 18.3. The number of anilines is 1. The van der Waals surface area contributed by atoms with Crippen LogP contribution in [0.4, 0.5) is 10.5 Å². The van der Waals surface area contributed by atoms with Crippen molar-refractivity contribution >= 4 is 11.7 Å².